The number of hydrogen-bond donors (Lipinski definition) is 1. The Balaban J connectivity index is 1.56. The summed E-state index contributed by atoms with van der Waals surface area (Å²) in [4.78, 5) is 12.9. The third-order valence-electron chi connectivity index (χ3n) is 4.64. The van der Waals surface area contributed by atoms with Crippen molar-refractivity contribution in [1.82, 2.24) is 20.4 Å². The second-order valence-corrected chi connectivity index (χ2v) is 8.61. The summed E-state index contributed by atoms with van der Waals surface area (Å²) in [5.41, 5.74) is 0.792. The number of nitrogens with zero attached hydrogens (tertiary/aromatic N) is 5. The lowest BCUT2D eigenvalue weighted by Crippen LogP contribution is -2.57. The maximum Gasteiger partial charge on any atom is 0.227 e. The fourth-order valence-corrected chi connectivity index (χ4v) is 5.42. The van der Waals surface area contributed by atoms with E-state index in [1.807, 2.05) is 18.0 Å². The summed E-state index contributed by atoms with van der Waals surface area (Å²) in [7, 11) is -1.12. The molecule has 2 aliphatic heterocycles. The second kappa shape index (κ2) is 6.26. The molecule has 0 unspecified atom stereocenters. The fourth-order valence-electron chi connectivity index (χ4n) is 3.47. The smallest absolute Gasteiger partial charge is 0.227 e. The standard InChI is InChI=1S/C15H20N6O3S/c1-20(8-11-3-7-24-19-11)15-17-4-2-14(18-15)21-6-5-16-12-9-25(22,23)10-13(12)21/h2-4,7,12-13,16H,5-6,8-10H2,1H3/t12-,13+/m1/s1. The minimum atomic E-state index is -3.01. The van der Waals surface area contributed by atoms with Gasteiger partial charge >= 0.3 is 0 Å². The Morgan fingerprint density at radius 3 is 3.08 bits per heavy atom. The Kier molecular flexibility index (Phi) is 4.08. The maximum absolute atomic E-state index is 12.0. The first-order chi connectivity index (χ1) is 12.0. The number of sulfone groups is 1. The molecule has 2 aromatic heterocycles. The molecule has 2 saturated heterocycles. The molecule has 2 atom stereocenters. The van der Waals surface area contributed by atoms with E-state index in [9.17, 15) is 8.42 Å². The lowest BCUT2D eigenvalue weighted by molar-refractivity contribution is 0.411. The molecule has 25 heavy (non-hydrogen) atoms. The minimum Gasteiger partial charge on any atom is -0.364 e. The summed E-state index contributed by atoms with van der Waals surface area (Å²) in [5, 5.41) is 7.21. The Labute approximate surface area is 145 Å². The predicted molar refractivity (Wildman–Crippen MR) is 92.2 cm³/mol. The summed E-state index contributed by atoms with van der Waals surface area (Å²) in [6, 6.07) is 3.51. The molecule has 0 spiro atoms. The highest BCUT2D eigenvalue weighted by molar-refractivity contribution is 7.91. The van der Waals surface area contributed by atoms with Crippen molar-refractivity contribution in [3.63, 3.8) is 0 Å². The van der Waals surface area contributed by atoms with Gasteiger partial charge in [-0.25, -0.2) is 13.4 Å². The topological polar surface area (TPSA) is 104 Å². The zero-order chi connectivity index (χ0) is 17.4. The van der Waals surface area contributed by atoms with E-state index in [-0.39, 0.29) is 23.6 Å². The van der Waals surface area contributed by atoms with Gasteiger partial charge in [-0.05, 0) is 6.07 Å². The van der Waals surface area contributed by atoms with Crippen molar-refractivity contribution in [2.45, 2.75) is 18.6 Å². The lowest BCUT2D eigenvalue weighted by atomic mass is 10.1. The quantitative estimate of drug-likeness (QED) is 0.781. The van der Waals surface area contributed by atoms with Crippen LogP contribution < -0.4 is 15.1 Å². The second-order valence-electron chi connectivity index (χ2n) is 6.46. The number of piperazine rings is 1. The van der Waals surface area contributed by atoms with Crippen molar-refractivity contribution in [2.75, 3.05) is 41.4 Å². The first-order valence-electron chi connectivity index (χ1n) is 8.16. The van der Waals surface area contributed by atoms with Gasteiger partial charge in [0.1, 0.15) is 17.8 Å². The van der Waals surface area contributed by atoms with Gasteiger partial charge in [0.25, 0.3) is 0 Å². The number of rotatable bonds is 4. The van der Waals surface area contributed by atoms with E-state index < -0.39 is 9.84 Å². The number of nitrogens with one attached hydrogen (secondary N) is 1. The molecular weight excluding hydrogens is 344 g/mol. The van der Waals surface area contributed by atoms with Crippen LogP contribution in [-0.2, 0) is 16.4 Å². The minimum absolute atomic E-state index is 0.0370. The van der Waals surface area contributed by atoms with Gasteiger partial charge in [0.2, 0.25) is 5.95 Å². The molecule has 1 N–H and O–H groups in total. The number of aromatic nitrogens is 3. The van der Waals surface area contributed by atoms with E-state index >= 15 is 0 Å². The summed E-state index contributed by atoms with van der Waals surface area (Å²) in [6.07, 6.45) is 3.24. The zero-order valence-electron chi connectivity index (χ0n) is 13.9. The number of fused-ring (bicyclic) bond motifs is 1. The van der Waals surface area contributed by atoms with Gasteiger partial charge in [-0.2, -0.15) is 4.98 Å². The molecule has 134 valence electrons. The molecule has 4 rings (SSSR count). The van der Waals surface area contributed by atoms with E-state index in [1.165, 1.54) is 6.26 Å². The average molecular weight is 364 g/mol. The largest absolute Gasteiger partial charge is 0.364 e. The number of anilines is 2. The van der Waals surface area contributed by atoms with Crippen molar-refractivity contribution in [2.24, 2.45) is 0 Å². The lowest BCUT2D eigenvalue weighted by Gasteiger charge is -2.38. The van der Waals surface area contributed by atoms with Crippen LogP contribution >= 0.6 is 0 Å². The highest BCUT2D eigenvalue weighted by atomic mass is 32.2. The van der Waals surface area contributed by atoms with E-state index in [2.05, 4.69) is 25.3 Å². The van der Waals surface area contributed by atoms with Gasteiger partial charge in [-0.15, -0.1) is 0 Å². The molecule has 2 aliphatic rings. The predicted octanol–water partition coefficient (Wildman–Crippen LogP) is -0.324. The Bertz CT molecular complexity index is 841. The highest BCUT2D eigenvalue weighted by Gasteiger charge is 2.43. The van der Waals surface area contributed by atoms with Crippen molar-refractivity contribution in [3.8, 4) is 0 Å². The van der Waals surface area contributed by atoms with Crippen molar-refractivity contribution >= 4 is 21.6 Å². The van der Waals surface area contributed by atoms with Gasteiger partial charge in [-0.3, -0.25) is 0 Å². The van der Waals surface area contributed by atoms with E-state index in [1.54, 1.807) is 12.3 Å². The summed E-state index contributed by atoms with van der Waals surface area (Å²) in [5.74, 6) is 1.68. The first kappa shape index (κ1) is 16.3. The Morgan fingerprint density at radius 1 is 1.40 bits per heavy atom. The maximum atomic E-state index is 12.0. The fraction of sp³-hybridized carbons (Fsp3) is 0.533. The third kappa shape index (κ3) is 3.31. The third-order valence-corrected chi connectivity index (χ3v) is 6.35. The Hall–Kier alpha value is -2.20. The van der Waals surface area contributed by atoms with Crippen LogP contribution in [0.15, 0.2) is 29.1 Å². The summed E-state index contributed by atoms with van der Waals surface area (Å²) < 4.78 is 28.9. The molecule has 10 heteroatoms. The van der Waals surface area contributed by atoms with Crippen LogP contribution in [-0.4, -0.2) is 67.3 Å². The molecule has 2 fully saturated rings. The van der Waals surface area contributed by atoms with E-state index in [0.29, 0.717) is 12.5 Å². The van der Waals surface area contributed by atoms with Gasteiger partial charge < -0.3 is 19.6 Å². The number of hydrogen-bond acceptors (Lipinski definition) is 9. The van der Waals surface area contributed by atoms with Gasteiger partial charge in [0.05, 0.1) is 24.1 Å². The Morgan fingerprint density at radius 2 is 2.28 bits per heavy atom. The molecular formula is C15H20N6O3S. The molecule has 9 nitrogen and oxygen atoms in total. The van der Waals surface area contributed by atoms with Gasteiger partial charge in [0, 0.05) is 38.4 Å². The molecule has 0 radical (unpaired) electrons. The van der Waals surface area contributed by atoms with Crippen molar-refractivity contribution in [3.05, 3.63) is 30.3 Å². The van der Waals surface area contributed by atoms with Crippen LogP contribution in [0.5, 0.6) is 0 Å². The summed E-state index contributed by atoms with van der Waals surface area (Å²) in [6.45, 7) is 1.99. The molecule has 0 aromatic carbocycles. The van der Waals surface area contributed by atoms with Crippen molar-refractivity contribution in [1.29, 1.82) is 0 Å². The molecule has 0 bridgehead atoms. The van der Waals surface area contributed by atoms with Crippen LogP contribution in [0.3, 0.4) is 0 Å². The zero-order valence-corrected chi connectivity index (χ0v) is 14.7. The molecule has 4 heterocycles. The van der Waals surface area contributed by atoms with Crippen LogP contribution in [0, 0.1) is 0 Å². The molecule has 0 amide bonds. The SMILES string of the molecule is CN(Cc1ccon1)c1nccc(N2CCN[C@@H]3CS(=O)(=O)C[C@@H]32)n1. The average Bonchev–Trinajstić information content (AvgIpc) is 3.20. The normalized spacial score (nSPS) is 24.9. The van der Waals surface area contributed by atoms with Crippen molar-refractivity contribution < 1.29 is 12.9 Å². The van der Waals surface area contributed by atoms with Gasteiger partial charge in [0.15, 0.2) is 9.84 Å². The molecule has 0 aliphatic carbocycles. The van der Waals surface area contributed by atoms with Crippen LogP contribution in [0.2, 0.25) is 0 Å². The highest BCUT2D eigenvalue weighted by Crippen LogP contribution is 2.26. The molecule has 0 saturated carbocycles. The first-order valence-corrected chi connectivity index (χ1v) is 9.98. The van der Waals surface area contributed by atoms with Crippen LogP contribution in [0.4, 0.5) is 11.8 Å². The van der Waals surface area contributed by atoms with Crippen LogP contribution in [0.25, 0.3) is 0 Å². The van der Waals surface area contributed by atoms with Gasteiger partial charge in [-0.1, -0.05) is 5.16 Å². The summed E-state index contributed by atoms with van der Waals surface area (Å²) >= 11 is 0. The monoisotopic (exact) mass is 364 g/mol. The molecule has 2 aromatic rings. The van der Waals surface area contributed by atoms with Crippen LogP contribution in [0.1, 0.15) is 5.69 Å². The van der Waals surface area contributed by atoms with E-state index in [4.69, 9.17) is 4.52 Å². The van der Waals surface area contributed by atoms with E-state index in [0.717, 1.165) is 24.6 Å².